The normalized spacial score (nSPS) is 10.2. The predicted molar refractivity (Wildman–Crippen MR) is 72.6 cm³/mol. The first-order valence-corrected chi connectivity index (χ1v) is 5.87. The molecule has 0 fully saturated rings. The van der Waals surface area contributed by atoms with Crippen LogP contribution >= 0.6 is 11.6 Å². The Bertz CT molecular complexity index is 546. The van der Waals surface area contributed by atoms with E-state index in [1.807, 2.05) is 25.1 Å². The highest BCUT2D eigenvalue weighted by molar-refractivity contribution is 6.30. The summed E-state index contributed by atoms with van der Waals surface area (Å²) in [4.78, 5) is 4.20. The second-order valence-corrected chi connectivity index (χ2v) is 4.32. The molecule has 94 valence electrons. The minimum Gasteiger partial charge on any atom is -0.487 e. The first-order valence-electron chi connectivity index (χ1n) is 5.49. The summed E-state index contributed by atoms with van der Waals surface area (Å²) in [6, 6.07) is 9.17. The van der Waals surface area contributed by atoms with E-state index in [2.05, 4.69) is 10.4 Å². The number of nitrogens with zero attached hydrogens (tertiary/aromatic N) is 1. The third-order valence-electron chi connectivity index (χ3n) is 2.51. The molecule has 5 heteroatoms. The van der Waals surface area contributed by atoms with Crippen molar-refractivity contribution in [2.75, 3.05) is 5.43 Å². The molecule has 0 saturated carbocycles. The van der Waals surface area contributed by atoms with Crippen molar-refractivity contribution in [2.45, 2.75) is 13.5 Å². The monoisotopic (exact) mass is 263 g/mol. The van der Waals surface area contributed by atoms with E-state index in [1.54, 1.807) is 18.3 Å². The zero-order chi connectivity index (χ0) is 13.0. The largest absolute Gasteiger partial charge is 0.487 e. The molecule has 18 heavy (non-hydrogen) atoms. The van der Waals surface area contributed by atoms with E-state index in [1.165, 1.54) is 0 Å². The molecule has 0 aliphatic rings. The summed E-state index contributed by atoms with van der Waals surface area (Å²) in [5, 5.41) is 0.654. The molecule has 1 heterocycles. The van der Waals surface area contributed by atoms with Crippen LogP contribution in [0, 0.1) is 6.92 Å². The number of aromatic nitrogens is 1. The van der Waals surface area contributed by atoms with Crippen LogP contribution in [-0.2, 0) is 6.61 Å². The van der Waals surface area contributed by atoms with Gasteiger partial charge in [-0.25, -0.2) is 0 Å². The van der Waals surface area contributed by atoms with Crippen LogP contribution in [0.1, 0.15) is 11.3 Å². The molecular weight excluding hydrogens is 250 g/mol. The Morgan fingerprint density at radius 3 is 2.94 bits per heavy atom. The molecule has 0 spiro atoms. The van der Waals surface area contributed by atoms with Crippen LogP contribution in [0.2, 0.25) is 5.02 Å². The van der Waals surface area contributed by atoms with Crippen LogP contribution in [0.3, 0.4) is 0 Å². The number of nitrogen functional groups attached to an aromatic ring is 1. The molecular formula is C13H14ClN3O. The zero-order valence-corrected chi connectivity index (χ0v) is 10.7. The van der Waals surface area contributed by atoms with Gasteiger partial charge in [0.15, 0.2) is 0 Å². The molecule has 2 aromatic rings. The van der Waals surface area contributed by atoms with Crippen molar-refractivity contribution in [1.82, 2.24) is 4.98 Å². The van der Waals surface area contributed by atoms with E-state index in [9.17, 15) is 0 Å². The third-order valence-corrected chi connectivity index (χ3v) is 2.74. The topological polar surface area (TPSA) is 60.2 Å². The lowest BCUT2D eigenvalue weighted by Crippen LogP contribution is -2.08. The smallest absolute Gasteiger partial charge is 0.130 e. The molecule has 2 rings (SSSR count). The Morgan fingerprint density at radius 2 is 2.17 bits per heavy atom. The van der Waals surface area contributed by atoms with Gasteiger partial charge >= 0.3 is 0 Å². The van der Waals surface area contributed by atoms with Crippen LogP contribution < -0.4 is 16.0 Å². The van der Waals surface area contributed by atoms with E-state index in [0.29, 0.717) is 11.6 Å². The summed E-state index contributed by atoms with van der Waals surface area (Å²) >= 11 is 5.92. The molecule has 1 aromatic heterocycles. The summed E-state index contributed by atoms with van der Waals surface area (Å²) in [6.45, 7) is 2.34. The van der Waals surface area contributed by atoms with Gasteiger partial charge < -0.3 is 10.2 Å². The van der Waals surface area contributed by atoms with Gasteiger partial charge in [0.2, 0.25) is 0 Å². The van der Waals surface area contributed by atoms with Gasteiger partial charge in [-0.2, -0.15) is 0 Å². The van der Waals surface area contributed by atoms with Gasteiger partial charge in [0.05, 0.1) is 11.4 Å². The van der Waals surface area contributed by atoms with Gasteiger partial charge in [-0.05, 0) is 36.8 Å². The maximum atomic E-state index is 5.92. The highest BCUT2D eigenvalue weighted by Gasteiger charge is 2.02. The first-order chi connectivity index (χ1) is 8.69. The average Bonchev–Trinajstić information content (AvgIpc) is 2.40. The maximum Gasteiger partial charge on any atom is 0.130 e. The van der Waals surface area contributed by atoms with Crippen molar-refractivity contribution in [3.8, 4) is 5.75 Å². The van der Waals surface area contributed by atoms with Gasteiger partial charge in [0.1, 0.15) is 12.4 Å². The van der Waals surface area contributed by atoms with Crippen LogP contribution in [0.15, 0.2) is 36.5 Å². The number of rotatable bonds is 4. The van der Waals surface area contributed by atoms with Crippen molar-refractivity contribution in [2.24, 2.45) is 5.84 Å². The number of ether oxygens (including phenoxy) is 1. The Hall–Kier alpha value is -1.78. The van der Waals surface area contributed by atoms with Crippen molar-refractivity contribution >= 4 is 17.3 Å². The highest BCUT2D eigenvalue weighted by Crippen LogP contribution is 2.23. The summed E-state index contributed by atoms with van der Waals surface area (Å²) in [6.07, 6.45) is 1.68. The molecule has 0 bridgehead atoms. The molecule has 4 nitrogen and oxygen atoms in total. The number of nitrogens with two attached hydrogens (primary N) is 1. The number of nitrogens with one attached hydrogen (secondary N) is 1. The van der Waals surface area contributed by atoms with E-state index >= 15 is 0 Å². The lowest BCUT2D eigenvalue weighted by atomic mass is 10.2. The molecule has 0 saturated heterocycles. The number of halogens is 1. The highest BCUT2D eigenvalue weighted by atomic mass is 35.5. The van der Waals surface area contributed by atoms with Crippen LogP contribution in [0.25, 0.3) is 0 Å². The van der Waals surface area contributed by atoms with Gasteiger partial charge in [-0.15, -0.1) is 0 Å². The Labute approximate surface area is 111 Å². The SMILES string of the molecule is Cc1ccc(Cl)cc1OCc1cc(NN)ccn1. The summed E-state index contributed by atoms with van der Waals surface area (Å²) in [5.74, 6) is 6.09. The average molecular weight is 264 g/mol. The second-order valence-electron chi connectivity index (χ2n) is 3.88. The zero-order valence-electron chi connectivity index (χ0n) is 9.98. The fraction of sp³-hybridized carbons (Fsp3) is 0.154. The number of hydrazine groups is 1. The molecule has 0 radical (unpaired) electrons. The van der Waals surface area contributed by atoms with E-state index in [4.69, 9.17) is 22.2 Å². The fourth-order valence-electron chi connectivity index (χ4n) is 1.53. The third kappa shape index (κ3) is 3.12. The van der Waals surface area contributed by atoms with E-state index in [0.717, 1.165) is 22.7 Å². The predicted octanol–water partition coefficient (Wildman–Crippen LogP) is 2.91. The van der Waals surface area contributed by atoms with Crippen molar-refractivity contribution < 1.29 is 4.74 Å². The molecule has 0 unspecified atom stereocenters. The molecule has 0 aliphatic heterocycles. The fourth-order valence-corrected chi connectivity index (χ4v) is 1.69. The summed E-state index contributed by atoms with van der Waals surface area (Å²) < 4.78 is 5.69. The number of aryl methyl sites for hydroxylation is 1. The van der Waals surface area contributed by atoms with E-state index < -0.39 is 0 Å². The first kappa shape index (κ1) is 12.7. The second kappa shape index (κ2) is 5.71. The summed E-state index contributed by atoms with van der Waals surface area (Å²) in [7, 11) is 0. The number of hydrogen-bond donors (Lipinski definition) is 2. The Kier molecular flexibility index (Phi) is 4.02. The molecule has 0 amide bonds. The summed E-state index contributed by atoms with van der Waals surface area (Å²) in [5.41, 5.74) is 5.20. The number of anilines is 1. The molecule has 3 N–H and O–H groups in total. The minimum absolute atomic E-state index is 0.372. The Balaban J connectivity index is 2.08. The molecule has 1 aromatic carbocycles. The van der Waals surface area contributed by atoms with Crippen molar-refractivity contribution in [1.29, 1.82) is 0 Å². The van der Waals surface area contributed by atoms with Gasteiger partial charge in [0, 0.05) is 11.2 Å². The number of benzene rings is 1. The lowest BCUT2D eigenvalue weighted by molar-refractivity contribution is 0.299. The van der Waals surface area contributed by atoms with Gasteiger partial charge in [-0.3, -0.25) is 10.8 Å². The van der Waals surface area contributed by atoms with Crippen LogP contribution in [0.4, 0.5) is 5.69 Å². The quantitative estimate of drug-likeness (QED) is 0.658. The minimum atomic E-state index is 0.372. The van der Waals surface area contributed by atoms with Crippen LogP contribution in [-0.4, -0.2) is 4.98 Å². The van der Waals surface area contributed by atoms with Crippen molar-refractivity contribution in [3.63, 3.8) is 0 Å². The van der Waals surface area contributed by atoms with Gasteiger partial charge in [-0.1, -0.05) is 17.7 Å². The number of hydrogen-bond acceptors (Lipinski definition) is 4. The van der Waals surface area contributed by atoms with E-state index in [-0.39, 0.29) is 0 Å². The number of pyridine rings is 1. The standard InChI is InChI=1S/C13H14ClN3O/c1-9-2-3-10(14)6-13(9)18-8-12-7-11(17-15)4-5-16-12/h2-7H,8,15H2,1H3,(H,16,17). The van der Waals surface area contributed by atoms with Crippen molar-refractivity contribution in [3.05, 3.63) is 52.8 Å². The molecule has 0 atom stereocenters. The molecule has 0 aliphatic carbocycles. The Morgan fingerprint density at radius 1 is 1.33 bits per heavy atom. The van der Waals surface area contributed by atoms with Gasteiger partial charge in [0.25, 0.3) is 0 Å². The lowest BCUT2D eigenvalue weighted by Gasteiger charge is -2.09. The maximum absolute atomic E-state index is 5.92. The van der Waals surface area contributed by atoms with Crippen LogP contribution in [0.5, 0.6) is 5.75 Å².